The van der Waals surface area contributed by atoms with E-state index in [0.29, 0.717) is 17.4 Å². The maximum Gasteiger partial charge on any atom is 0.241 e. The standard InChI is InChI=1S/C26H33N3O3/c1-17-6-9-19(10-7-17)25(20-11-12-20)28-24(30)16-29-14-4-5-22(29)26(31)27-21-15-18(2)8-13-23(21)32-3/h6-10,13,15,20,22,25H,4-5,11-12,14,16H2,1-3H3,(H,27,31)(H,28,30). The average molecular weight is 436 g/mol. The van der Waals surface area contributed by atoms with Crippen molar-refractivity contribution >= 4 is 17.5 Å². The summed E-state index contributed by atoms with van der Waals surface area (Å²) in [5.74, 6) is 1.04. The zero-order chi connectivity index (χ0) is 22.7. The van der Waals surface area contributed by atoms with Gasteiger partial charge in [-0.1, -0.05) is 35.9 Å². The van der Waals surface area contributed by atoms with Gasteiger partial charge < -0.3 is 15.4 Å². The number of aryl methyl sites for hydroxylation is 2. The van der Waals surface area contributed by atoms with E-state index >= 15 is 0 Å². The maximum atomic E-state index is 13.0. The molecule has 2 aliphatic rings. The van der Waals surface area contributed by atoms with Gasteiger partial charge in [0.2, 0.25) is 11.8 Å². The van der Waals surface area contributed by atoms with E-state index in [-0.39, 0.29) is 30.4 Å². The van der Waals surface area contributed by atoms with Crippen molar-refractivity contribution in [1.29, 1.82) is 0 Å². The van der Waals surface area contributed by atoms with Crippen LogP contribution in [0, 0.1) is 19.8 Å². The molecule has 4 rings (SSSR count). The highest BCUT2D eigenvalue weighted by Crippen LogP contribution is 2.41. The highest BCUT2D eigenvalue weighted by molar-refractivity contribution is 5.96. The summed E-state index contributed by atoms with van der Waals surface area (Å²) in [6, 6.07) is 13.9. The van der Waals surface area contributed by atoms with E-state index < -0.39 is 0 Å². The molecule has 2 aromatic carbocycles. The Kier molecular flexibility index (Phi) is 6.80. The summed E-state index contributed by atoms with van der Waals surface area (Å²) in [7, 11) is 1.59. The van der Waals surface area contributed by atoms with Gasteiger partial charge in [0.1, 0.15) is 5.75 Å². The second-order valence-electron chi connectivity index (χ2n) is 9.11. The molecular formula is C26H33N3O3. The molecule has 0 spiro atoms. The van der Waals surface area contributed by atoms with Crippen molar-refractivity contribution in [2.75, 3.05) is 25.5 Å². The number of nitrogens with one attached hydrogen (secondary N) is 2. The average Bonchev–Trinajstić information content (AvgIpc) is 3.51. The van der Waals surface area contributed by atoms with Crippen LogP contribution in [0.3, 0.4) is 0 Å². The van der Waals surface area contributed by atoms with Crippen molar-refractivity contribution in [2.45, 2.75) is 51.6 Å². The van der Waals surface area contributed by atoms with Crippen LogP contribution in [0.2, 0.25) is 0 Å². The monoisotopic (exact) mass is 435 g/mol. The highest BCUT2D eigenvalue weighted by Gasteiger charge is 2.36. The lowest BCUT2D eigenvalue weighted by atomic mass is 10.0. The van der Waals surface area contributed by atoms with Crippen molar-refractivity contribution in [1.82, 2.24) is 10.2 Å². The Labute approximate surface area is 190 Å². The molecule has 1 aliphatic heterocycles. The number of nitrogens with zero attached hydrogens (tertiary/aromatic N) is 1. The number of anilines is 1. The summed E-state index contributed by atoms with van der Waals surface area (Å²) < 4.78 is 5.38. The van der Waals surface area contributed by atoms with Crippen LogP contribution in [0.25, 0.3) is 0 Å². The fourth-order valence-corrected chi connectivity index (χ4v) is 4.53. The summed E-state index contributed by atoms with van der Waals surface area (Å²) in [4.78, 5) is 28.0. The summed E-state index contributed by atoms with van der Waals surface area (Å²) >= 11 is 0. The van der Waals surface area contributed by atoms with Crippen LogP contribution < -0.4 is 15.4 Å². The first-order valence-corrected chi connectivity index (χ1v) is 11.5. The number of methoxy groups -OCH3 is 1. The molecule has 1 saturated carbocycles. The van der Waals surface area contributed by atoms with Crippen molar-refractivity contribution in [3.8, 4) is 5.75 Å². The van der Waals surface area contributed by atoms with E-state index in [1.165, 1.54) is 5.56 Å². The van der Waals surface area contributed by atoms with E-state index in [0.717, 1.165) is 43.4 Å². The number of likely N-dealkylation sites (tertiary alicyclic amines) is 1. The Hall–Kier alpha value is -2.86. The van der Waals surface area contributed by atoms with Gasteiger partial charge >= 0.3 is 0 Å². The number of ether oxygens (including phenoxy) is 1. The van der Waals surface area contributed by atoms with E-state index in [9.17, 15) is 9.59 Å². The molecule has 1 heterocycles. The molecule has 0 bridgehead atoms. The van der Waals surface area contributed by atoms with Gasteiger partial charge in [-0.15, -0.1) is 0 Å². The normalized spacial score (nSPS) is 19.4. The second-order valence-corrected chi connectivity index (χ2v) is 9.11. The third-order valence-electron chi connectivity index (χ3n) is 6.47. The minimum absolute atomic E-state index is 0.0182. The number of hydrogen-bond donors (Lipinski definition) is 2. The van der Waals surface area contributed by atoms with Crippen molar-refractivity contribution in [2.24, 2.45) is 5.92 Å². The molecule has 2 atom stereocenters. The van der Waals surface area contributed by atoms with Gasteiger partial charge in [0, 0.05) is 0 Å². The molecule has 0 radical (unpaired) electrons. The number of benzene rings is 2. The molecule has 6 nitrogen and oxygen atoms in total. The van der Waals surface area contributed by atoms with Gasteiger partial charge in [0.25, 0.3) is 0 Å². The van der Waals surface area contributed by atoms with E-state index in [4.69, 9.17) is 4.74 Å². The van der Waals surface area contributed by atoms with Crippen molar-refractivity contribution in [3.63, 3.8) is 0 Å². The molecular weight excluding hydrogens is 402 g/mol. The lowest BCUT2D eigenvalue weighted by Crippen LogP contribution is -2.45. The molecule has 2 amide bonds. The van der Waals surface area contributed by atoms with Crippen LogP contribution >= 0.6 is 0 Å². The first-order valence-electron chi connectivity index (χ1n) is 11.5. The third-order valence-corrected chi connectivity index (χ3v) is 6.47. The van der Waals surface area contributed by atoms with Crippen LogP contribution in [0.15, 0.2) is 42.5 Å². The molecule has 0 aromatic heterocycles. The van der Waals surface area contributed by atoms with Crippen molar-refractivity contribution < 1.29 is 14.3 Å². The molecule has 6 heteroatoms. The smallest absolute Gasteiger partial charge is 0.241 e. The third kappa shape index (κ3) is 5.30. The number of carbonyl (C=O) groups excluding carboxylic acids is 2. The lowest BCUT2D eigenvalue weighted by molar-refractivity contribution is -0.125. The van der Waals surface area contributed by atoms with Gasteiger partial charge in [-0.3, -0.25) is 14.5 Å². The zero-order valence-electron chi connectivity index (χ0n) is 19.2. The minimum Gasteiger partial charge on any atom is -0.495 e. The summed E-state index contributed by atoms with van der Waals surface area (Å²) in [6.45, 7) is 5.03. The number of hydrogen-bond acceptors (Lipinski definition) is 4. The predicted octanol–water partition coefficient (Wildman–Crippen LogP) is 3.98. The number of carbonyl (C=O) groups is 2. The molecule has 2 N–H and O–H groups in total. The van der Waals surface area contributed by atoms with Crippen LogP contribution in [-0.4, -0.2) is 43.0 Å². The SMILES string of the molecule is COc1ccc(C)cc1NC(=O)C1CCCN1CC(=O)NC(c1ccc(C)cc1)C1CC1. The molecule has 1 saturated heterocycles. The van der Waals surface area contributed by atoms with Gasteiger partial charge in [0.05, 0.1) is 31.4 Å². The first kappa shape index (κ1) is 22.3. The molecule has 32 heavy (non-hydrogen) atoms. The van der Waals surface area contributed by atoms with Crippen molar-refractivity contribution in [3.05, 3.63) is 59.2 Å². The van der Waals surface area contributed by atoms with Gasteiger partial charge in [-0.25, -0.2) is 0 Å². The fourth-order valence-electron chi connectivity index (χ4n) is 4.53. The summed E-state index contributed by atoms with van der Waals surface area (Å²) in [6.07, 6.45) is 3.94. The lowest BCUT2D eigenvalue weighted by Gasteiger charge is -2.25. The fraction of sp³-hybridized carbons (Fsp3) is 0.462. The van der Waals surface area contributed by atoms with E-state index in [1.807, 2.05) is 30.0 Å². The Morgan fingerprint density at radius 1 is 1.06 bits per heavy atom. The van der Waals surface area contributed by atoms with Gasteiger partial charge in [-0.2, -0.15) is 0 Å². The topological polar surface area (TPSA) is 70.7 Å². The Morgan fingerprint density at radius 3 is 2.47 bits per heavy atom. The highest BCUT2D eigenvalue weighted by atomic mass is 16.5. The van der Waals surface area contributed by atoms with E-state index in [2.05, 4.69) is 41.8 Å². The quantitative estimate of drug-likeness (QED) is 0.658. The largest absolute Gasteiger partial charge is 0.495 e. The zero-order valence-corrected chi connectivity index (χ0v) is 19.2. The molecule has 2 unspecified atom stereocenters. The predicted molar refractivity (Wildman–Crippen MR) is 126 cm³/mol. The molecule has 2 aromatic rings. The van der Waals surface area contributed by atoms with Crippen LogP contribution in [0.4, 0.5) is 5.69 Å². The second kappa shape index (κ2) is 9.74. The first-order chi connectivity index (χ1) is 15.4. The minimum atomic E-state index is -0.315. The number of rotatable bonds is 8. The number of amides is 2. The maximum absolute atomic E-state index is 13.0. The van der Waals surface area contributed by atoms with Gasteiger partial charge in [0.15, 0.2) is 0 Å². The molecule has 1 aliphatic carbocycles. The van der Waals surface area contributed by atoms with E-state index in [1.54, 1.807) is 7.11 Å². The Bertz CT molecular complexity index is 969. The Morgan fingerprint density at radius 2 is 1.78 bits per heavy atom. The Balaban J connectivity index is 1.39. The summed E-state index contributed by atoms with van der Waals surface area (Å²) in [5, 5.41) is 6.25. The van der Waals surface area contributed by atoms with Crippen LogP contribution in [0.1, 0.15) is 48.4 Å². The summed E-state index contributed by atoms with van der Waals surface area (Å²) in [5.41, 5.74) is 4.09. The van der Waals surface area contributed by atoms with Gasteiger partial charge in [-0.05, 0) is 75.3 Å². The van der Waals surface area contributed by atoms with Crippen LogP contribution in [0.5, 0.6) is 5.75 Å². The molecule has 170 valence electrons. The molecule has 2 fully saturated rings. The van der Waals surface area contributed by atoms with Crippen LogP contribution in [-0.2, 0) is 9.59 Å².